The van der Waals surface area contributed by atoms with Gasteiger partial charge in [0, 0.05) is 19.6 Å². The predicted molar refractivity (Wildman–Crippen MR) is 73.0 cm³/mol. The van der Waals surface area contributed by atoms with Gasteiger partial charge in [-0.1, -0.05) is 17.7 Å². The van der Waals surface area contributed by atoms with Crippen molar-refractivity contribution in [3.05, 3.63) is 29.8 Å². The van der Waals surface area contributed by atoms with Gasteiger partial charge in [-0.2, -0.15) is 0 Å². The molecule has 2 fully saturated rings. The number of likely N-dealkylation sites (tertiary alicyclic amines) is 1. The van der Waals surface area contributed by atoms with Gasteiger partial charge in [0.2, 0.25) is 0 Å². The first-order chi connectivity index (χ1) is 8.81. The van der Waals surface area contributed by atoms with E-state index < -0.39 is 0 Å². The highest BCUT2D eigenvalue weighted by molar-refractivity contribution is 5.26. The third kappa shape index (κ3) is 2.68. The summed E-state index contributed by atoms with van der Waals surface area (Å²) >= 11 is 0. The Morgan fingerprint density at radius 2 is 1.83 bits per heavy atom. The van der Waals surface area contributed by atoms with Crippen LogP contribution in [0.4, 0.5) is 0 Å². The highest BCUT2D eigenvalue weighted by Crippen LogP contribution is 2.25. The number of fused-ring (bicyclic) bond motifs is 1. The molecule has 2 atom stereocenters. The van der Waals surface area contributed by atoms with Crippen LogP contribution in [0.15, 0.2) is 24.3 Å². The van der Waals surface area contributed by atoms with Crippen LogP contribution >= 0.6 is 0 Å². The largest absolute Gasteiger partial charge is 0.492 e. The smallest absolute Gasteiger partial charge is 0.119 e. The van der Waals surface area contributed by atoms with Crippen molar-refractivity contribution in [2.24, 2.45) is 11.8 Å². The van der Waals surface area contributed by atoms with E-state index in [0.29, 0.717) is 0 Å². The normalized spacial score (nSPS) is 27.4. The summed E-state index contributed by atoms with van der Waals surface area (Å²) in [5.74, 6) is 2.75. The van der Waals surface area contributed by atoms with Gasteiger partial charge < -0.3 is 10.1 Å². The van der Waals surface area contributed by atoms with Gasteiger partial charge in [-0.25, -0.2) is 0 Å². The monoisotopic (exact) mass is 246 g/mol. The third-order valence-corrected chi connectivity index (χ3v) is 4.16. The minimum absolute atomic E-state index is 0.802. The molecule has 1 N–H and O–H groups in total. The van der Waals surface area contributed by atoms with E-state index in [0.717, 1.165) is 30.7 Å². The van der Waals surface area contributed by atoms with Gasteiger partial charge >= 0.3 is 0 Å². The molecule has 3 heteroatoms. The molecule has 0 aliphatic carbocycles. The molecule has 0 unspecified atom stereocenters. The minimum atomic E-state index is 0.802. The molecule has 2 heterocycles. The van der Waals surface area contributed by atoms with Gasteiger partial charge in [0.1, 0.15) is 12.4 Å². The maximum atomic E-state index is 5.79. The molecule has 0 saturated carbocycles. The average molecular weight is 246 g/mol. The molecule has 2 aliphatic rings. The number of hydrogen-bond acceptors (Lipinski definition) is 3. The third-order valence-electron chi connectivity index (χ3n) is 4.16. The summed E-state index contributed by atoms with van der Waals surface area (Å²) in [4.78, 5) is 2.55. The molecule has 3 nitrogen and oxygen atoms in total. The van der Waals surface area contributed by atoms with Crippen molar-refractivity contribution in [1.82, 2.24) is 10.2 Å². The number of nitrogens with zero attached hydrogens (tertiary/aromatic N) is 1. The molecule has 0 spiro atoms. The fourth-order valence-corrected chi connectivity index (χ4v) is 3.06. The van der Waals surface area contributed by atoms with Crippen LogP contribution in [0.5, 0.6) is 5.75 Å². The molecule has 98 valence electrons. The van der Waals surface area contributed by atoms with Gasteiger partial charge in [-0.3, -0.25) is 4.90 Å². The zero-order valence-corrected chi connectivity index (χ0v) is 11.1. The van der Waals surface area contributed by atoms with Gasteiger partial charge in [0.25, 0.3) is 0 Å². The van der Waals surface area contributed by atoms with Crippen LogP contribution in [0.3, 0.4) is 0 Å². The summed E-state index contributed by atoms with van der Waals surface area (Å²) < 4.78 is 5.79. The number of nitrogens with one attached hydrogen (secondary N) is 1. The zero-order chi connectivity index (χ0) is 12.4. The summed E-state index contributed by atoms with van der Waals surface area (Å²) in [6.07, 6.45) is 0. The Labute approximate surface area is 109 Å². The maximum absolute atomic E-state index is 5.79. The maximum Gasteiger partial charge on any atom is 0.119 e. The second-order valence-electron chi connectivity index (χ2n) is 5.60. The van der Waals surface area contributed by atoms with Crippen molar-refractivity contribution in [2.45, 2.75) is 6.92 Å². The van der Waals surface area contributed by atoms with Crippen LogP contribution in [-0.4, -0.2) is 44.2 Å². The summed E-state index contributed by atoms with van der Waals surface area (Å²) in [6, 6.07) is 8.30. The highest BCUT2D eigenvalue weighted by Gasteiger charge is 2.35. The van der Waals surface area contributed by atoms with Crippen molar-refractivity contribution in [3.8, 4) is 5.75 Å². The minimum Gasteiger partial charge on any atom is -0.492 e. The first-order valence-electron chi connectivity index (χ1n) is 6.94. The lowest BCUT2D eigenvalue weighted by atomic mass is 10.0. The van der Waals surface area contributed by atoms with Crippen LogP contribution in [-0.2, 0) is 0 Å². The molecule has 0 radical (unpaired) electrons. The van der Waals surface area contributed by atoms with Crippen molar-refractivity contribution < 1.29 is 4.74 Å². The molecule has 18 heavy (non-hydrogen) atoms. The standard InChI is InChI=1S/C15H22N2O/c1-12-2-4-15(5-3-12)18-7-6-17-10-13-8-16-9-14(13)11-17/h2-5,13-14,16H,6-11H2,1H3/t13-,14+. The Kier molecular flexibility index (Phi) is 3.52. The lowest BCUT2D eigenvalue weighted by Crippen LogP contribution is -2.29. The lowest BCUT2D eigenvalue weighted by molar-refractivity contribution is 0.228. The molecular formula is C15H22N2O. The Bertz CT molecular complexity index is 378. The van der Waals surface area contributed by atoms with E-state index in [9.17, 15) is 0 Å². The van der Waals surface area contributed by atoms with E-state index in [4.69, 9.17) is 4.74 Å². The molecular weight excluding hydrogens is 224 g/mol. The number of benzene rings is 1. The van der Waals surface area contributed by atoms with E-state index in [-0.39, 0.29) is 0 Å². The molecule has 0 bridgehead atoms. The van der Waals surface area contributed by atoms with E-state index in [1.165, 1.54) is 31.7 Å². The molecule has 0 aromatic heterocycles. The highest BCUT2D eigenvalue weighted by atomic mass is 16.5. The zero-order valence-electron chi connectivity index (χ0n) is 11.1. The van der Waals surface area contributed by atoms with Gasteiger partial charge in [0.05, 0.1) is 0 Å². The quantitative estimate of drug-likeness (QED) is 0.872. The van der Waals surface area contributed by atoms with E-state index in [1.54, 1.807) is 0 Å². The van der Waals surface area contributed by atoms with Crippen LogP contribution in [0, 0.1) is 18.8 Å². The topological polar surface area (TPSA) is 24.5 Å². The number of rotatable bonds is 4. The summed E-state index contributed by atoms with van der Waals surface area (Å²) in [5, 5.41) is 3.47. The van der Waals surface area contributed by atoms with Crippen molar-refractivity contribution in [1.29, 1.82) is 0 Å². The van der Waals surface area contributed by atoms with Gasteiger partial charge in [0.15, 0.2) is 0 Å². The van der Waals surface area contributed by atoms with Crippen LogP contribution in [0.1, 0.15) is 5.56 Å². The second-order valence-corrected chi connectivity index (χ2v) is 5.60. The molecule has 3 rings (SSSR count). The Morgan fingerprint density at radius 1 is 1.17 bits per heavy atom. The number of aryl methyl sites for hydroxylation is 1. The summed E-state index contributed by atoms with van der Waals surface area (Å²) in [6.45, 7) is 8.86. The fraction of sp³-hybridized carbons (Fsp3) is 0.600. The molecule has 1 aromatic carbocycles. The lowest BCUT2D eigenvalue weighted by Gasteiger charge is -2.17. The van der Waals surface area contributed by atoms with Crippen LogP contribution in [0.2, 0.25) is 0 Å². The number of hydrogen-bond donors (Lipinski definition) is 1. The molecule has 1 aromatic rings. The van der Waals surface area contributed by atoms with Gasteiger partial charge in [-0.05, 0) is 44.0 Å². The van der Waals surface area contributed by atoms with E-state index >= 15 is 0 Å². The van der Waals surface area contributed by atoms with Crippen LogP contribution < -0.4 is 10.1 Å². The fourth-order valence-electron chi connectivity index (χ4n) is 3.06. The number of ether oxygens (including phenoxy) is 1. The van der Waals surface area contributed by atoms with E-state index in [1.807, 2.05) is 0 Å². The summed E-state index contributed by atoms with van der Waals surface area (Å²) in [7, 11) is 0. The SMILES string of the molecule is Cc1ccc(OCCN2C[C@H]3CNC[C@H]3C2)cc1. The summed E-state index contributed by atoms with van der Waals surface area (Å²) in [5.41, 5.74) is 1.28. The predicted octanol–water partition coefficient (Wildman–Crippen LogP) is 1.53. The first-order valence-corrected chi connectivity index (χ1v) is 6.94. The van der Waals surface area contributed by atoms with E-state index in [2.05, 4.69) is 41.4 Å². The average Bonchev–Trinajstić information content (AvgIpc) is 2.92. The molecule has 0 amide bonds. The first kappa shape index (κ1) is 12.0. The molecule has 2 saturated heterocycles. The Morgan fingerprint density at radius 3 is 2.50 bits per heavy atom. The van der Waals surface area contributed by atoms with Crippen molar-refractivity contribution in [2.75, 3.05) is 39.3 Å². The Balaban J connectivity index is 1.41. The Hall–Kier alpha value is -1.06. The van der Waals surface area contributed by atoms with Gasteiger partial charge in [-0.15, -0.1) is 0 Å². The second kappa shape index (κ2) is 5.29. The van der Waals surface area contributed by atoms with Crippen LogP contribution in [0.25, 0.3) is 0 Å². The van der Waals surface area contributed by atoms with Crippen molar-refractivity contribution >= 4 is 0 Å². The van der Waals surface area contributed by atoms with Crippen molar-refractivity contribution in [3.63, 3.8) is 0 Å². The molecule has 2 aliphatic heterocycles.